The fraction of sp³-hybridized carbons (Fsp3) is 0.545. The van der Waals surface area contributed by atoms with Crippen molar-refractivity contribution in [2.75, 3.05) is 6.61 Å². The smallest absolute Gasteiger partial charge is 0.361 e. The highest BCUT2D eigenvalue weighted by molar-refractivity contribution is 5.96. The fourth-order valence-electron chi connectivity index (χ4n) is 8.58. The zero-order valence-electron chi connectivity index (χ0n) is 24.3. The van der Waals surface area contributed by atoms with Crippen molar-refractivity contribution in [1.29, 1.82) is 0 Å². The van der Waals surface area contributed by atoms with Crippen molar-refractivity contribution < 1.29 is 33.4 Å². The Morgan fingerprint density at radius 2 is 1.88 bits per heavy atom. The van der Waals surface area contributed by atoms with E-state index < -0.39 is 35.0 Å². The van der Waals surface area contributed by atoms with Gasteiger partial charge in [-0.2, -0.15) is 0 Å². The lowest BCUT2D eigenvalue weighted by molar-refractivity contribution is -0.302. The Labute approximate surface area is 239 Å². The quantitative estimate of drug-likeness (QED) is 0.407. The lowest BCUT2D eigenvalue weighted by Gasteiger charge is -2.52. The molecular weight excluding hydrogens is 522 g/mol. The van der Waals surface area contributed by atoms with Crippen LogP contribution in [0, 0.1) is 34.5 Å². The number of hydrogen-bond acceptors (Lipinski definition) is 8. The van der Waals surface area contributed by atoms with Crippen LogP contribution in [0.5, 0.6) is 0 Å². The molecule has 8 atom stereocenters. The standard InChI is InChI=1S/C33H37NO7/c1-17-15-32-18(2)12-22-25(30(22,3)4)21(26(32)35)13-20-16-38-31(5,6)40-28(20)33(32,37)27(17)39-29(36)23-14-24(41-34-23)19-10-8-7-9-11-19/h7-11,13-15,18,21-22,25,27-28,37H,12,16H2,1-6H3/t18?,21-,22+,25-,27-,28+,32?,33+/m0/s1. The van der Waals surface area contributed by atoms with Gasteiger partial charge in [-0.25, -0.2) is 4.79 Å². The Morgan fingerprint density at radius 1 is 1.15 bits per heavy atom. The Balaban J connectivity index is 1.32. The first kappa shape index (κ1) is 26.8. The first-order chi connectivity index (χ1) is 19.3. The molecule has 0 radical (unpaired) electrons. The van der Waals surface area contributed by atoms with Crippen molar-refractivity contribution in [2.24, 2.45) is 34.5 Å². The first-order valence-corrected chi connectivity index (χ1v) is 14.5. The summed E-state index contributed by atoms with van der Waals surface area (Å²) < 4.78 is 24.1. The SMILES string of the molecule is CC1=CC23C(=O)[C@@H](C=C4COC(C)(C)O[C@H]4[C@]2(O)[C@H]1OC(=O)c1cc(-c2ccccc2)on1)[C@H]1[C@@H](CC3C)C1(C)C. The Hall–Kier alpha value is -3.07. The average molecular weight is 560 g/mol. The van der Waals surface area contributed by atoms with Crippen molar-refractivity contribution in [3.8, 4) is 11.3 Å². The molecule has 41 heavy (non-hydrogen) atoms. The molecule has 4 aliphatic carbocycles. The molecule has 1 aromatic carbocycles. The normalized spacial score (nSPS) is 39.7. The van der Waals surface area contributed by atoms with Gasteiger partial charge in [0.25, 0.3) is 0 Å². The predicted octanol–water partition coefficient (Wildman–Crippen LogP) is 5.13. The molecule has 0 amide bonds. The number of fused-ring (bicyclic) bond motifs is 5. The number of Topliss-reactive ketones (excluding diaryl/α,β-unsaturated/α-hetero) is 1. The minimum atomic E-state index is -1.88. The molecule has 3 fully saturated rings. The first-order valence-electron chi connectivity index (χ1n) is 14.5. The molecule has 1 saturated heterocycles. The number of carbonyl (C=O) groups is 2. The molecular formula is C33H37NO7. The van der Waals surface area contributed by atoms with E-state index in [0.29, 0.717) is 17.3 Å². The summed E-state index contributed by atoms with van der Waals surface area (Å²) >= 11 is 0. The molecule has 8 heteroatoms. The third kappa shape index (κ3) is 3.53. The van der Waals surface area contributed by atoms with Gasteiger partial charge in [0, 0.05) is 17.5 Å². The van der Waals surface area contributed by atoms with E-state index >= 15 is 0 Å². The topological polar surface area (TPSA) is 108 Å². The molecule has 1 aliphatic heterocycles. The highest BCUT2D eigenvalue weighted by Gasteiger charge is 2.77. The number of hydrogen-bond donors (Lipinski definition) is 1. The molecule has 2 heterocycles. The molecule has 2 bridgehead atoms. The van der Waals surface area contributed by atoms with Crippen LogP contribution < -0.4 is 0 Å². The number of carbonyl (C=O) groups excluding carboxylic acids is 2. The maximum atomic E-state index is 14.8. The Bertz CT molecular complexity index is 1500. The maximum Gasteiger partial charge on any atom is 0.361 e. The minimum Gasteiger partial charge on any atom is -0.450 e. The second kappa shape index (κ2) is 8.49. The van der Waals surface area contributed by atoms with Crippen LogP contribution in [0.3, 0.4) is 0 Å². The summed E-state index contributed by atoms with van der Waals surface area (Å²) in [6.07, 6.45) is 2.61. The highest BCUT2D eigenvalue weighted by Crippen LogP contribution is 2.72. The molecule has 8 nitrogen and oxygen atoms in total. The van der Waals surface area contributed by atoms with E-state index in [9.17, 15) is 14.7 Å². The highest BCUT2D eigenvalue weighted by atomic mass is 16.7. The van der Waals surface area contributed by atoms with Gasteiger partial charge in [0.2, 0.25) is 0 Å². The predicted molar refractivity (Wildman–Crippen MR) is 148 cm³/mol. The molecule has 1 N–H and O–H groups in total. The summed E-state index contributed by atoms with van der Waals surface area (Å²) in [6.45, 7) is 12.1. The molecule has 2 unspecified atom stereocenters. The lowest BCUT2D eigenvalue weighted by Crippen LogP contribution is -2.68. The Morgan fingerprint density at radius 3 is 2.61 bits per heavy atom. The van der Waals surface area contributed by atoms with Crippen molar-refractivity contribution in [2.45, 2.75) is 71.6 Å². The minimum absolute atomic E-state index is 0.0140. The van der Waals surface area contributed by atoms with Gasteiger partial charge in [-0.3, -0.25) is 4.79 Å². The molecule has 7 rings (SSSR count). The van der Waals surface area contributed by atoms with E-state index in [1.807, 2.05) is 56.3 Å². The van der Waals surface area contributed by atoms with E-state index in [4.69, 9.17) is 18.7 Å². The monoisotopic (exact) mass is 559 g/mol. The third-order valence-corrected chi connectivity index (χ3v) is 10.7. The number of ether oxygens (including phenoxy) is 3. The summed E-state index contributed by atoms with van der Waals surface area (Å²) in [5, 5.41) is 17.1. The van der Waals surface area contributed by atoms with Gasteiger partial charge in [0.05, 0.1) is 12.0 Å². The van der Waals surface area contributed by atoms with Crippen molar-refractivity contribution in [1.82, 2.24) is 5.16 Å². The van der Waals surface area contributed by atoms with Gasteiger partial charge >= 0.3 is 5.97 Å². The summed E-state index contributed by atoms with van der Waals surface area (Å²) in [5.74, 6) is -1.43. The fourth-order valence-corrected chi connectivity index (χ4v) is 8.58. The number of esters is 1. The van der Waals surface area contributed by atoms with Gasteiger partial charge in [0.15, 0.2) is 34.7 Å². The third-order valence-electron chi connectivity index (χ3n) is 10.7. The van der Waals surface area contributed by atoms with Gasteiger partial charge in [-0.1, -0.05) is 68.4 Å². The van der Waals surface area contributed by atoms with Crippen molar-refractivity contribution in [3.63, 3.8) is 0 Å². The second-order valence-corrected chi connectivity index (χ2v) is 13.7. The summed E-state index contributed by atoms with van der Waals surface area (Å²) in [4.78, 5) is 28.4. The van der Waals surface area contributed by atoms with Crippen LogP contribution in [-0.2, 0) is 19.0 Å². The van der Waals surface area contributed by atoms with Gasteiger partial charge < -0.3 is 23.8 Å². The van der Waals surface area contributed by atoms with Crippen LogP contribution in [-0.4, -0.2) is 52.2 Å². The van der Waals surface area contributed by atoms with Gasteiger partial charge in [-0.15, -0.1) is 0 Å². The van der Waals surface area contributed by atoms with E-state index in [1.54, 1.807) is 13.8 Å². The van der Waals surface area contributed by atoms with E-state index in [-0.39, 0.29) is 41.3 Å². The van der Waals surface area contributed by atoms with Crippen LogP contribution in [0.4, 0.5) is 0 Å². The number of aromatic nitrogens is 1. The molecule has 2 saturated carbocycles. The van der Waals surface area contributed by atoms with Crippen LogP contribution in [0.2, 0.25) is 0 Å². The number of benzene rings is 1. The molecule has 2 aromatic rings. The van der Waals surface area contributed by atoms with Crippen LogP contribution in [0.15, 0.2) is 64.2 Å². The molecule has 1 aromatic heterocycles. The average Bonchev–Trinajstić information content (AvgIpc) is 3.22. The Kier molecular flexibility index (Phi) is 5.55. The van der Waals surface area contributed by atoms with Crippen molar-refractivity contribution in [3.05, 3.63) is 65.4 Å². The second-order valence-electron chi connectivity index (χ2n) is 13.7. The van der Waals surface area contributed by atoms with E-state index in [2.05, 4.69) is 19.0 Å². The number of rotatable bonds is 3. The largest absolute Gasteiger partial charge is 0.450 e. The van der Waals surface area contributed by atoms with Crippen molar-refractivity contribution >= 4 is 11.8 Å². The van der Waals surface area contributed by atoms with Gasteiger partial charge in [0.1, 0.15) is 6.10 Å². The molecule has 216 valence electrons. The summed E-state index contributed by atoms with van der Waals surface area (Å²) in [6, 6.07) is 10.9. The maximum absolute atomic E-state index is 14.8. The lowest BCUT2D eigenvalue weighted by atomic mass is 9.59. The summed E-state index contributed by atoms with van der Waals surface area (Å²) in [7, 11) is 0. The number of allylic oxidation sites excluding steroid dienone is 1. The van der Waals surface area contributed by atoms with Crippen LogP contribution >= 0.6 is 0 Å². The van der Waals surface area contributed by atoms with E-state index in [1.165, 1.54) is 6.07 Å². The molecule has 1 spiro atoms. The number of nitrogens with zero attached hydrogens (tertiary/aromatic N) is 1. The number of ketones is 1. The molecule has 5 aliphatic rings. The van der Waals surface area contributed by atoms with Gasteiger partial charge in [-0.05, 0) is 61.5 Å². The van der Waals surface area contributed by atoms with Crippen LogP contribution in [0.25, 0.3) is 11.3 Å². The summed E-state index contributed by atoms with van der Waals surface area (Å²) in [5.41, 5.74) is -1.05. The van der Waals surface area contributed by atoms with E-state index in [0.717, 1.165) is 17.6 Å². The van der Waals surface area contributed by atoms with Crippen LogP contribution in [0.1, 0.15) is 58.5 Å². The number of aliphatic hydroxyl groups is 1. The zero-order valence-corrected chi connectivity index (χ0v) is 24.3. The zero-order chi connectivity index (χ0) is 29.1.